The molecule has 106 valence electrons. The van der Waals surface area contributed by atoms with Crippen LogP contribution < -0.4 is 4.90 Å². The molecule has 0 atom stereocenters. The molecule has 0 spiro atoms. The van der Waals surface area contributed by atoms with Gasteiger partial charge in [0.05, 0.1) is 11.6 Å². The molecule has 1 aliphatic rings. The third kappa shape index (κ3) is 2.01. The zero-order valence-corrected chi connectivity index (χ0v) is 11.5. The van der Waals surface area contributed by atoms with Crippen molar-refractivity contribution in [3.05, 3.63) is 24.5 Å². The van der Waals surface area contributed by atoms with Gasteiger partial charge in [-0.2, -0.15) is 5.10 Å². The Balaban J connectivity index is 1.79. The summed E-state index contributed by atoms with van der Waals surface area (Å²) in [7, 11) is 0. The maximum absolute atomic E-state index is 11.4. The second-order valence-corrected chi connectivity index (χ2v) is 5.35. The molecule has 1 N–H and O–H groups in total. The lowest BCUT2D eigenvalue weighted by Crippen LogP contribution is -2.44. The highest BCUT2D eigenvalue weighted by molar-refractivity contribution is 5.75. The fourth-order valence-electron chi connectivity index (χ4n) is 2.86. The summed E-state index contributed by atoms with van der Waals surface area (Å²) in [5.41, 5.74) is 0.255. The summed E-state index contributed by atoms with van der Waals surface area (Å²) in [5, 5.41) is 13.5. The van der Waals surface area contributed by atoms with Gasteiger partial charge in [0.25, 0.3) is 0 Å². The molecule has 1 fully saturated rings. The number of nitrogens with zero attached hydrogens (tertiary/aromatic N) is 4. The molecule has 0 aliphatic carbocycles. The quantitative estimate of drug-likeness (QED) is 0.924. The minimum Gasteiger partial charge on any atom is -0.481 e. The molecule has 1 aliphatic heterocycles. The normalized spacial score (nSPS) is 18.4. The number of hydrogen-bond donors (Lipinski definition) is 1. The van der Waals surface area contributed by atoms with Gasteiger partial charge >= 0.3 is 5.97 Å². The summed E-state index contributed by atoms with van der Waals surface area (Å²) in [6.07, 6.45) is 5.63. The van der Waals surface area contributed by atoms with Gasteiger partial charge in [-0.25, -0.2) is 9.50 Å². The predicted molar refractivity (Wildman–Crippen MR) is 74.8 cm³/mol. The van der Waals surface area contributed by atoms with Crippen molar-refractivity contribution in [3.63, 3.8) is 0 Å². The van der Waals surface area contributed by atoms with Gasteiger partial charge in [0.15, 0.2) is 5.65 Å². The number of fused-ring (bicyclic) bond motifs is 1. The van der Waals surface area contributed by atoms with E-state index in [-0.39, 0.29) is 0 Å². The van der Waals surface area contributed by atoms with Gasteiger partial charge in [-0.1, -0.05) is 6.92 Å². The maximum atomic E-state index is 11.4. The molecule has 6 heteroatoms. The molecule has 0 radical (unpaired) electrons. The standard InChI is InChI=1S/C14H18N4O2/c1-2-14(13(19)20)5-9-17(10-6-14)11-4-8-18-12(16-11)3-7-15-18/h3-4,7-8H,2,5-6,9-10H2,1H3,(H,19,20). The van der Waals surface area contributed by atoms with Crippen LogP contribution in [0, 0.1) is 5.41 Å². The number of hydrogen-bond acceptors (Lipinski definition) is 4. The predicted octanol–water partition coefficient (Wildman–Crippen LogP) is 1.81. The Bertz CT molecular complexity index is 629. The summed E-state index contributed by atoms with van der Waals surface area (Å²) >= 11 is 0. The van der Waals surface area contributed by atoms with Gasteiger partial charge in [0.2, 0.25) is 0 Å². The van der Waals surface area contributed by atoms with E-state index in [4.69, 9.17) is 0 Å². The molecule has 0 bridgehead atoms. The molecule has 0 amide bonds. The number of carbonyl (C=O) groups is 1. The number of rotatable bonds is 3. The second-order valence-electron chi connectivity index (χ2n) is 5.35. The van der Waals surface area contributed by atoms with E-state index in [1.54, 1.807) is 10.7 Å². The van der Waals surface area contributed by atoms with E-state index in [1.165, 1.54) is 0 Å². The van der Waals surface area contributed by atoms with Crippen LogP contribution in [0.2, 0.25) is 0 Å². The number of anilines is 1. The Morgan fingerprint density at radius 3 is 2.80 bits per heavy atom. The van der Waals surface area contributed by atoms with Crippen molar-refractivity contribution in [1.82, 2.24) is 14.6 Å². The minimum atomic E-state index is -0.668. The highest BCUT2D eigenvalue weighted by Gasteiger charge is 2.40. The van der Waals surface area contributed by atoms with Crippen molar-refractivity contribution < 1.29 is 9.90 Å². The molecule has 0 aromatic carbocycles. The highest BCUT2D eigenvalue weighted by Crippen LogP contribution is 2.36. The fourth-order valence-corrected chi connectivity index (χ4v) is 2.86. The van der Waals surface area contributed by atoms with E-state index in [0.29, 0.717) is 19.3 Å². The molecule has 6 nitrogen and oxygen atoms in total. The number of piperidine rings is 1. The first kappa shape index (κ1) is 12.9. The first-order chi connectivity index (χ1) is 9.64. The fraction of sp³-hybridized carbons (Fsp3) is 0.500. The lowest BCUT2D eigenvalue weighted by atomic mass is 9.76. The summed E-state index contributed by atoms with van der Waals surface area (Å²) in [4.78, 5) is 18.2. The molecule has 1 saturated heterocycles. The zero-order chi connectivity index (χ0) is 14.2. The van der Waals surface area contributed by atoms with Crippen molar-refractivity contribution in [2.24, 2.45) is 5.41 Å². The molecule has 3 rings (SSSR count). The number of carboxylic acids is 1. The van der Waals surface area contributed by atoms with Gasteiger partial charge in [-0.3, -0.25) is 4.79 Å². The Morgan fingerprint density at radius 2 is 2.15 bits per heavy atom. The van der Waals surface area contributed by atoms with Crippen LogP contribution in [-0.2, 0) is 4.79 Å². The monoisotopic (exact) mass is 274 g/mol. The van der Waals surface area contributed by atoms with Gasteiger partial charge in [-0.15, -0.1) is 0 Å². The first-order valence-electron chi connectivity index (χ1n) is 6.93. The molecular formula is C14H18N4O2. The lowest BCUT2D eigenvalue weighted by Gasteiger charge is -2.38. The third-order valence-electron chi connectivity index (χ3n) is 4.42. The van der Waals surface area contributed by atoms with E-state index in [1.807, 2.05) is 25.3 Å². The summed E-state index contributed by atoms with van der Waals surface area (Å²) in [5.74, 6) is 0.229. The van der Waals surface area contributed by atoms with Crippen LogP contribution in [0.4, 0.5) is 5.82 Å². The van der Waals surface area contributed by atoms with E-state index < -0.39 is 11.4 Å². The van der Waals surface area contributed by atoms with Gasteiger partial charge in [0.1, 0.15) is 5.82 Å². The topological polar surface area (TPSA) is 70.7 Å². The number of carboxylic acid groups (broad SMARTS) is 1. The second kappa shape index (κ2) is 4.77. The van der Waals surface area contributed by atoms with E-state index >= 15 is 0 Å². The first-order valence-corrected chi connectivity index (χ1v) is 6.93. The summed E-state index contributed by atoms with van der Waals surface area (Å²) < 4.78 is 1.72. The van der Waals surface area contributed by atoms with Crippen molar-refractivity contribution in [2.75, 3.05) is 18.0 Å². The Labute approximate surface area is 117 Å². The smallest absolute Gasteiger partial charge is 0.309 e. The van der Waals surface area contributed by atoms with E-state index in [0.717, 1.165) is 24.6 Å². The highest BCUT2D eigenvalue weighted by atomic mass is 16.4. The molecular weight excluding hydrogens is 256 g/mol. The maximum Gasteiger partial charge on any atom is 0.309 e. The van der Waals surface area contributed by atoms with Gasteiger partial charge < -0.3 is 10.0 Å². The van der Waals surface area contributed by atoms with E-state index in [2.05, 4.69) is 15.0 Å². The van der Waals surface area contributed by atoms with Crippen LogP contribution in [-0.4, -0.2) is 38.8 Å². The summed E-state index contributed by atoms with van der Waals surface area (Å²) in [6, 6.07) is 3.79. The molecule has 20 heavy (non-hydrogen) atoms. The van der Waals surface area contributed by atoms with Crippen molar-refractivity contribution in [3.8, 4) is 0 Å². The third-order valence-corrected chi connectivity index (χ3v) is 4.42. The average Bonchev–Trinajstić information content (AvgIpc) is 2.94. The van der Waals surface area contributed by atoms with Crippen molar-refractivity contribution in [2.45, 2.75) is 26.2 Å². The minimum absolute atomic E-state index is 0.558. The van der Waals surface area contributed by atoms with Gasteiger partial charge in [0, 0.05) is 25.4 Å². The van der Waals surface area contributed by atoms with Crippen LogP contribution in [0.5, 0.6) is 0 Å². The van der Waals surface area contributed by atoms with Crippen molar-refractivity contribution in [1.29, 1.82) is 0 Å². The van der Waals surface area contributed by atoms with Crippen LogP contribution in [0.25, 0.3) is 5.65 Å². The lowest BCUT2D eigenvalue weighted by molar-refractivity contribution is -0.150. The molecule has 0 saturated carbocycles. The van der Waals surface area contributed by atoms with Crippen LogP contribution in [0.3, 0.4) is 0 Å². The zero-order valence-electron chi connectivity index (χ0n) is 11.5. The van der Waals surface area contributed by atoms with Crippen molar-refractivity contribution >= 4 is 17.4 Å². The largest absolute Gasteiger partial charge is 0.481 e. The van der Waals surface area contributed by atoms with Crippen LogP contribution >= 0.6 is 0 Å². The Kier molecular flexibility index (Phi) is 3.08. The summed E-state index contributed by atoms with van der Waals surface area (Å²) in [6.45, 7) is 3.43. The van der Waals surface area contributed by atoms with E-state index in [9.17, 15) is 9.90 Å². The molecule has 2 aromatic heterocycles. The molecule has 2 aromatic rings. The van der Waals surface area contributed by atoms with Crippen LogP contribution in [0.1, 0.15) is 26.2 Å². The van der Waals surface area contributed by atoms with Crippen LogP contribution in [0.15, 0.2) is 24.5 Å². The molecule has 0 unspecified atom stereocenters. The Hall–Kier alpha value is -2.11. The Morgan fingerprint density at radius 1 is 1.40 bits per heavy atom. The SMILES string of the molecule is CCC1(C(=O)O)CCN(c2ccn3nccc3n2)CC1. The van der Waals surface area contributed by atoms with Gasteiger partial charge in [-0.05, 0) is 25.3 Å². The average molecular weight is 274 g/mol. The number of aliphatic carboxylic acids is 1. The molecule has 3 heterocycles. The number of aromatic nitrogens is 3.